The second kappa shape index (κ2) is 7.53. The van der Waals surface area contributed by atoms with E-state index in [1.54, 1.807) is 12.1 Å². The molecule has 4 heterocycles. The van der Waals surface area contributed by atoms with Crippen molar-refractivity contribution in [1.82, 2.24) is 4.90 Å². The van der Waals surface area contributed by atoms with Crippen LogP contribution in [0.5, 0.6) is 5.75 Å². The number of nitrogens with one attached hydrogen (secondary N) is 1. The molecular weight excluding hydrogens is 548 g/mol. The Hall–Kier alpha value is -1.45. The Labute approximate surface area is 219 Å². The van der Waals surface area contributed by atoms with Gasteiger partial charge in [0.15, 0.2) is 5.75 Å². The number of rotatable bonds is 1. The van der Waals surface area contributed by atoms with E-state index in [1.807, 2.05) is 4.90 Å². The number of amides is 2. The second-order valence-electron chi connectivity index (χ2n) is 9.01. The van der Waals surface area contributed by atoms with Crippen molar-refractivity contribution in [2.24, 2.45) is 11.8 Å². The van der Waals surface area contributed by atoms with Gasteiger partial charge in [0.2, 0.25) is 11.8 Å². The lowest BCUT2D eigenvalue weighted by Gasteiger charge is -2.41. The molecule has 7 nitrogen and oxygen atoms in total. The Morgan fingerprint density at radius 2 is 1.68 bits per heavy atom. The topological polar surface area (TPSA) is 93.1 Å². The number of aliphatic hydroxyl groups excluding tert-OH is 1. The van der Waals surface area contributed by atoms with Crippen molar-refractivity contribution in [3.8, 4) is 5.75 Å². The van der Waals surface area contributed by atoms with Crippen LogP contribution in [-0.2, 0) is 15.1 Å². The zero-order chi connectivity index (χ0) is 24.3. The number of carbonyl (C=O) groups is 2. The van der Waals surface area contributed by atoms with Crippen molar-refractivity contribution in [2.75, 3.05) is 16.8 Å². The minimum atomic E-state index is -1.34. The molecule has 6 atom stereocenters. The van der Waals surface area contributed by atoms with E-state index in [4.69, 9.17) is 58.0 Å². The number of phenols is 1. The molecule has 4 aliphatic rings. The molecule has 6 rings (SSSR count). The molecule has 0 bridgehead atoms. The first kappa shape index (κ1) is 23.0. The first-order chi connectivity index (χ1) is 16.1. The number of alkyl halides is 1. The number of aromatic hydroxyl groups is 1. The van der Waals surface area contributed by atoms with Gasteiger partial charge in [-0.15, -0.1) is 11.6 Å². The van der Waals surface area contributed by atoms with Crippen LogP contribution < -0.4 is 10.2 Å². The summed E-state index contributed by atoms with van der Waals surface area (Å²) in [4.78, 5) is 30.7. The van der Waals surface area contributed by atoms with Crippen LogP contribution in [0, 0.1) is 11.8 Å². The minimum absolute atomic E-state index is 0.0929. The van der Waals surface area contributed by atoms with Crippen LogP contribution in [-0.4, -0.2) is 51.1 Å². The van der Waals surface area contributed by atoms with E-state index in [2.05, 4.69) is 5.32 Å². The molecule has 0 aromatic heterocycles. The van der Waals surface area contributed by atoms with Crippen LogP contribution in [0.4, 0.5) is 11.4 Å². The molecular formula is C22H16Cl5N3O4. The molecule has 2 amide bonds. The summed E-state index contributed by atoms with van der Waals surface area (Å²) in [5.74, 6) is -3.36. The average Bonchev–Trinajstić information content (AvgIpc) is 3.41. The highest BCUT2D eigenvalue weighted by atomic mass is 35.5. The molecule has 34 heavy (non-hydrogen) atoms. The fourth-order valence-corrected chi connectivity index (χ4v) is 7.70. The Morgan fingerprint density at radius 1 is 1.00 bits per heavy atom. The van der Waals surface area contributed by atoms with Crippen molar-refractivity contribution < 1.29 is 19.8 Å². The highest BCUT2D eigenvalue weighted by Gasteiger charge is 2.75. The second-order valence-corrected chi connectivity index (χ2v) is 11.3. The van der Waals surface area contributed by atoms with Crippen LogP contribution in [0.15, 0.2) is 24.3 Å². The SMILES string of the molecule is O=C1C2C3C[C@H](Cl)CN3C3(c4cc(Cl)cc(Cl)c4NC3O)C2C(=O)N1c1cc(Cl)cc(Cl)c1O. The maximum absolute atomic E-state index is 14.0. The lowest BCUT2D eigenvalue weighted by molar-refractivity contribution is -0.127. The molecule has 0 saturated carbocycles. The summed E-state index contributed by atoms with van der Waals surface area (Å²) in [7, 11) is 0. The molecule has 3 N–H and O–H groups in total. The minimum Gasteiger partial charge on any atom is -0.504 e. The third kappa shape index (κ3) is 2.75. The molecule has 0 radical (unpaired) electrons. The third-order valence-corrected chi connectivity index (χ3v) is 8.78. The Bertz CT molecular complexity index is 1290. The van der Waals surface area contributed by atoms with Crippen molar-refractivity contribution >= 4 is 81.2 Å². The number of aliphatic hydroxyl groups is 1. The van der Waals surface area contributed by atoms with Crippen LogP contribution in [0.2, 0.25) is 20.1 Å². The molecule has 4 aliphatic heterocycles. The maximum Gasteiger partial charge on any atom is 0.240 e. The number of phenolic OH excluding ortho intramolecular Hbond substituents is 1. The van der Waals surface area contributed by atoms with Gasteiger partial charge in [0, 0.05) is 33.6 Å². The van der Waals surface area contributed by atoms with Gasteiger partial charge in [0.25, 0.3) is 0 Å². The Kier molecular flexibility index (Phi) is 5.09. The maximum atomic E-state index is 14.0. The summed E-state index contributed by atoms with van der Waals surface area (Å²) < 4.78 is 0. The zero-order valence-electron chi connectivity index (χ0n) is 17.1. The van der Waals surface area contributed by atoms with Gasteiger partial charge in [-0.1, -0.05) is 46.4 Å². The highest BCUT2D eigenvalue weighted by Crippen LogP contribution is 2.63. The fraction of sp³-hybridized carbons (Fsp3) is 0.364. The summed E-state index contributed by atoms with van der Waals surface area (Å²) >= 11 is 31.5. The summed E-state index contributed by atoms with van der Waals surface area (Å²) in [5, 5.41) is 25.4. The van der Waals surface area contributed by atoms with Crippen LogP contribution in [0.25, 0.3) is 0 Å². The van der Waals surface area contributed by atoms with Crippen molar-refractivity contribution in [2.45, 2.75) is 29.6 Å². The lowest BCUT2D eigenvalue weighted by atomic mass is 9.75. The van der Waals surface area contributed by atoms with Gasteiger partial charge in [0.1, 0.15) is 11.8 Å². The van der Waals surface area contributed by atoms with E-state index in [1.165, 1.54) is 12.1 Å². The van der Waals surface area contributed by atoms with Gasteiger partial charge < -0.3 is 15.5 Å². The molecule has 178 valence electrons. The number of imide groups is 1. The van der Waals surface area contributed by atoms with Crippen LogP contribution in [0.1, 0.15) is 12.0 Å². The van der Waals surface area contributed by atoms with E-state index in [0.717, 1.165) is 4.90 Å². The van der Waals surface area contributed by atoms with Gasteiger partial charge in [-0.25, -0.2) is 4.90 Å². The summed E-state index contributed by atoms with van der Waals surface area (Å²) in [6.07, 6.45) is -0.832. The zero-order valence-corrected chi connectivity index (χ0v) is 20.9. The molecule has 2 aromatic rings. The van der Waals surface area contributed by atoms with Gasteiger partial charge in [-0.3, -0.25) is 14.5 Å². The Balaban J connectivity index is 1.59. The molecule has 1 spiro atoms. The third-order valence-electron chi connectivity index (χ3n) is 7.44. The number of fused-ring (bicyclic) bond motifs is 7. The molecule has 12 heteroatoms. The van der Waals surface area contributed by atoms with Gasteiger partial charge >= 0.3 is 0 Å². The number of carbonyl (C=O) groups excluding carboxylic acids is 2. The molecule has 5 unspecified atom stereocenters. The predicted molar refractivity (Wildman–Crippen MR) is 130 cm³/mol. The first-order valence-corrected chi connectivity index (χ1v) is 12.4. The van der Waals surface area contributed by atoms with Crippen molar-refractivity contribution in [1.29, 1.82) is 0 Å². The fourth-order valence-electron chi connectivity index (χ4n) is 6.34. The van der Waals surface area contributed by atoms with Crippen LogP contribution >= 0.6 is 58.0 Å². The first-order valence-electron chi connectivity index (χ1n) is 10.5. The summed E-state index contributed by atoms with van der Waals surface area (Å²) in [5.41, 5.74) is -0.475. The van der Waals surface area contributed by atoms with E-state index in [-0.39, 0.29) is 26.1 Å². The number of anilines is 2. The van der Waals surface area contributed by atoms with Gasteiger partial charge in [-0.05, 0) is 30.7 Å². The van der Waals surface area contributed by atoms with E-state index < -0.39 is 47.2 Å². The number of benzene rings is 2. The molecule has 0 aliphatic carbocycles. The summed E-state index contributed by atoms with van der Waals surface area (Å²) in [6, 6.07) is 5.40. The molecule has 3 saturated heterocycles. The quantitative estimate of drug-likeness (QED) is 0.351. The van der Waals surface area contributed by atoms with Crippen molar-refractivity contribution in [3.63, 3.8) is 0 Å². The number of nitrogens with zero attached hydrogens (tertiary/aromatic N) is 2. The molecule has 2 aromatic carbocycles. The van der Waals surface area contributed by atoms with Gasteiger partial charge in [0.05, 0.1) is 33.3 Å². The smallest absolute Gasteiger partial charge is 0.240 e. The van der Waals surface area contributed by atoms with E-state index in [0.29, 0.717) is 29.2 Å². The number of hydrogen-bond acceptors (Lipinski definition) is 6. The largest absolute Gasteiger partial charge is 0.504 e. The predicted octanol–water partition coefficient (Wildman–Crippen LogP) is 4.45. The summed E-state index contributed by atoms with van der Waals surface area (Å²) in [6.45, 7) is 0.357. The number of halogens is 5. The van der Waals surface area contributed by atoms with Gasteiger partial charge in [-0.2, -0.15) is 0 Å². The number of hydrogen-bond donors (Lipinski definition) is 3. The van der Waals surface area contributed by atoms with E-state index in [9.17, 15) is 19.8 Å². The van der Waals surface area contributed by atoms with Crippen molar-refractivity contribution in [3.05, 3.63) is 49.9 Å². The van der Waals surface area contributed by atoms with E-state index >= 15 is 0 Å². The lowest BCUT2D eigenvalue weighted by Crippen LogP contribution is -2.56. The average molecular weight is 564 g/mol. The Morgan fingerprint density at radius 3 is 2.41 bits per heavy atom. The standard InChI is InChI=1S/C22H16Cl5N3O4/c23-7-1-10-17(11(26)2-7)28-21(34)22(10)16-15(13-5-9(25)6-29(13)22)19(32)30(20(16)33)14-4-8(24)3-12(27)18(14)31/h1-4,9,13,15-16,21,28,31,34H,5-6H2/t9-,13?,15?,16?,21?,22?/m0/s1. The van der Waals surface area contributed by atoms with Crippen LogP contribution in [0.3, 0.4) is 0 Å². The monoisotopic (exact) mass is 561 g/mol. The molecule has 3 fully saturated rings. The normalized spacial score (nSPS) is 34.1. The highest BCUT2D eigenvalue weighted by molar-refractivity contribution is 6.38.